The summed E-state index contributed by atoms with van der Waals surface area (Å²) in [6.45, 7) is 5.60. The maximum Gasteiger partial charge on any atom is 0.335 e. The smallest absolute Gasteiger partial charge is 0.335 e. The second-order valence-electron chi connectivity index (χ2n) is 18.1. The van der Waals surface area contributed by atoms with Crippen molar-refractivity contribution >= 4 is 23.9 Å². The molecular weight excluding hydrogens is 925 g/mol. The number of unbranched alkanes of at least 4 members (excludes halogenated alkanes) is 10. The highest BCUT2D eigenvalue weighted by Gasteiger charge is 2.50. The number of aliphatic hydroxyl groups is 2. The fourth-order valence-electron chi connectivity index (χ4n) is 7.34. The van der Waals surface area contributed by atoms with Crippen LogP contribution in [0, 0.1) is 0 Å². The number of allylic oxidation sites excluding steroid dienone is 20. The Morgan fingerprint density at radius 1 is 0.466 bits per heavy atom. The summed E-state index contributed by atoms with van der Waals surface area (Å²) in [6.07, 6.45) is 53.4. The molecule has 0 saturated carbocycles. The van der Waals surface area contributed by atoms with E-state index >= 15 is 0 Å². The summed E-state index contributed by atoms with van der Waals surface area (Å²) in [5.74, 6) is -3.33. The SMILES string of the molecule is CC/C=C\C/C=C\C/C=C\C/C=C\CCCCC(=O)OCC(COC1OC(C(=O)O)C(O)C(O)C1OC(=O)CCCCCCC/C=C\C/C=C\CCCCC)OC(=O)CC/C=C\C/C=C\C/C=C\C/C=C\CC. The summed E-state index contributed by atoms with van der Waals surface area (Å²) in [5.41, 5.74) is 0. The van der Waals surface area contributed by atoms with Crippen molar-refractivity contribution < 1.29 is 58.2 Å². The monoisotopic (exact) mass is 1020 g/mol. The van der Waals surface area contributed by atoms with E-state index in [4.69, 9.17) is 23.7 Å². The molecule has 12 nitrogen and oxygen atoms in total. The van der Waals surface area contributed by atoms with E-state index in [-0.39, 0.29) is 25.9 Å². The number of carboxylic acid groups (broad SMARTS) is 1. The lowest BCUT2D eigenvalue weighted by Gasteiger charge is -2.40. The molecule has 0 aromatic rings. The lowest BCUT2D eigenvalue weighted by atomic mass is 9.98. The first-order valence-corrected chi connectivity index (χ1v) is 27.5. The van der Waals surface area contributed by atoms with E-state index in [1.54, 1.807) is 0 Å². The van der Waals surface area contributed by atoms with Crippen LogP contribution in [0.5, 0.6) is 0 Å². The number of aliphatic carboxylic acids is 1. The average molecular weight is 1020 g/mol. The number of hydrogen-bond acceptors (Lipinski definition) is 11. The number of hydrogen-bond donors (Lipinski definition) is 3. The van der Waals surface area contributed by atoms with Crippen LogP contribution >= 0.6 is 0 Å². The Morgan fingerprint density at radius 2 is 0.890 bits per heavy atom. The molecule has 0 amide bonds. The van der Waals surface area contributed by atoms with Gasteiger partial charge in [-0.1, -0.05) is 174 Å². The first kappa shape index (κ1) is 66.1. The third-order valence-electron chi connectivity index (χ3n) is 11.5. The number of ether oxygens (including phenoxy) is 5. The second-order valence-corrected chi connectivity index (χ2v) is 18.1. The third-order valence-corrected chi connectivity index (χ3v) is 11.5. The molecule has 1 aliphatic heterocycles. The van der Waals surface area contributed by atoms with Crippen LogP contribution in [0.25, 0.3) is 0 Å². The highest BCUT2D eigenvalue weighted by atomic mass is 16.7. The predicted molar refractivity (Wildman–Crippen MR) is 293 cm³/mol. The molecule has 1 rings (SSSR count). The van der Waals surface area contributed by atoms with Crippen molar-refractivity contribution in [3.05, 3.63) is 122 Å². The highest BCUT2D eigenvalue weighted by Crippen LogP contribution is 2.26. The van der Waals surface area contributed by atoms with Gasteiger partial charge in [0.25, 0.3) is 0 Å². The molecule has 0 aliphatic carbocycles. The van der Waals surface area contributed by atoms with Gasteiger partial charge in [-0.25, -0.2) is 4.79 Å². The van der Waals surface area contributed by atoms with E-state index in [0.717, 1.165) is 103 Å². The molecule has 1 aliphatic rings. The molecule has 3 N–H and O–H groups in total. The standard InChI is InChI=1S/C61H94O12/c1-4-7-10-13-16-19-22-25-27-30-32-35-38-41-44-47-53(62)69-50-52(71-54(63)48-45-42-39-36-33-29-24-21-18-15-12-9-6-3)51-70-61-59(57(66)56(65)58(73-61)60(67)68)72-55(64)49-46-43-40-37-34-31-28-26-23-20-17-14-11-8-5-2/h7,9-10,12,16-21,25-29,32-33,35,39,42,52,56-59,61,65-66H,4-6,8,11,13-15,22-24,30-31,34,36-38,40-41,43-51H2,1-3H3,(H,67,68)/b10-7-,12-9-,19-16-,20-17-,21-18-,27-25-,28-26-,33-29-,35-32-,42-39-. The largest absolute Gasteiger partial charge is 0.479 e. The van der Waals surface area contributed by atoms with E-state index < -0.39 is 67.3 Å². The minimum Gasteiger partial charge on any atom is -0.479 e. The van der Waals surface area contributed by atoms with Gasteiger partial charge in [-0.3, -0.25) is 14.4 Å². The van der Waals surface area contributed by atoms with Crippen LogP contribution < -0.4 is 0 Å². The third kappa shape index (κ3) is 38.4. The quantitative estimate of drug-likeness (QED) is 0.0228. The van der Waals surface area contributed by atoms with Gasteiger partial charge in [-0.15, -0.1) is 0 Å². The zero-order valence-electron chi connectivity index (χ0n) is 44.8. The molecule has 0 spiro atoms. The molecule has 12 heteroatoms. The van der Waals surface area contributed by atoms with Crippen LogP contribution in [0.15, 0.2) is 122 Å². The number of rotatable bonds is 44. The van der Waals surface area contributed by atoms with Crippen molar-refractivity contribution in [1.29, 1.82) is 0 Å². The summed E-state index contributed by atoms with van der Waals surface area (Å²) >= 11 is 0. The molecule has 0 aromatic heterocycles. The van der Waals surface area contributed by atoms with Crippen LogP contribution in [0.1, 0.15) is 188 Å². The van der Waals surface area contributed by atoms with Gasteiger partial charge in [0.15, 0.2) is 24.6 Å². The Hall–Kier alpha value is -4.88. The maximum atomic E-state index is 13.1. The Morgan fingerprint density at radius 3 is 1.40 bits per heavy atom. The van der Waals surface area contributed by atoms with E-state index in [1.165, 1.54) is 19.3 Å². The van der Waals surface area contributed by atoms with E-state index in [2.05, 4.69) is 124 Å². The molecule has 73 heavy (non-hydrogen) atoms. The van der Waals surface area contributed by atoms with Gasteiger partial charge >= 0.3 is 23.9 Å². The molecule has 1 saturated heterocycles. The Labute approximate surface area is 439 Å². The molecule has 6 unspecified atom stereocenters. The summed E-state index contributed by atoms with van der Waals surface area (Å²) < 4.78 is 28.2. The summed E-state index contributed by atoms with van der Waals surface area (Å²) in [6, 6.07) is 0. The number of carbonyl (C=O) groups excluding carboxylic acids is 3. The van der Waals surface area contributed by atoms with Gasteiger partial charge in [0.05, 0.1) is 6.61 Å². The minimum absolute atomic E-state index is 0.0241. The first-order chi connectivity index (χ1) is 35.6. The summed E-state index contributed by atoms with van der Waals surface area (Å²) in [4.78, 5) is 50.9. The Kier molecular flexibility index (Phi) is 43.6. The molecule has 0 aromatic carbocycles. The summed E-state index contributed by atoms with van der Waals surface area (Å²) in [7, 11) is 0. The minimum atomic E-state index is -1.93. The molecule has 1 fully saturated rings. The van der Waals surface area contributed by atoms with Crippen molar-refractivity contribution in [3.8, 4) is 0 Å². The summed E-state index contributed by atoms with van der Waals surface area (Å²) in [5, 5.41) is 31.4. The molecular formula is C61H94O12. The van der Waals surface area contributed by atoms with Crippen molar-refractivity contribution in [1.82, 2.24) is 0 Å². The molecule has 0 radical (unpaired) electrons. The van der Waals surface area contributed by atoms with Crippen molar-refractivity contribution in [2.24, 2.45) is 0 Å². The second kappa shape index (κ2) is 48.1. The van der Waals surface area contributed by atoms with Gasteiger partial charge in [0.2, 0.25) is 0 Å². The van der Waals surface area contributed by atoms with Gasteiger partial charge in [0.1, 0.15) is 18.8 Å². The highest BCUT2D eigenvalue weighted by molar-refractivity contribution is 5.74. The van der Waals surface area contributed by atoms with Gasteiger partial charge in [0, 0.05) is 19.3 Å². The number of esters is 3. The van der Waals surface area contributed by atoms with Crippen LogP contribution in [0.4, 0.5) is 0 Å². The lowest BCUT2D eigenvalue weighted by Crippen LogP contribution is -2.61. The maximum absolute atomic E-state index is 13.1. The first-order valence-electron chi connectivity index (χ1n) is 27.5. The number of carbonyl (C=O) groups is 4. The normalized spacial score (nSPS) is 19.3. The van der Waals surface area contributed by atoms with Crippen LogP contribution in [-0.4, -0.2) is 89.2 Å². The molecule has 1 heterocycles. The van der Waals surface area contributed by atoms with Crippen LogP contribution in [0.3, 0.4) is 0 Å². The fourth-order valence-corrected chi connectivity index (χ4v) is 7.34. The van der Waals surface area contributed by atoms with Gasteiger partial charge in [-0.2, -0.15) is 0 Å². The zero-order chi connectivity index (χ0) is 53.3. The van der Waals surface area contributed by atoms with Crippen molar-refractivity contribution in [3.63, 3.8) is 0 Å². The lowest BCUT2D eigenvalue weighted by molar-refractivity contribution is -0.301. The number of carboxylic acids is 1. The fraction of sp³-hybridized carbons (Fsp3) is 0.607. The molecule has 410 valence electrons. The van der Waals surface area contributed by atoms with E-state index in [1.807, 2.05) is 18.2 Å². The van der Waals surface area contributed by atoms with Crippen LogP contribution in [-0.2, 0) is 42.9 Å². The Bertz CT molecular complexity index is 1730. The number of aliphatic hydroxyl groups excluding tert-OH is 2. The van der Waals surface area contributed by atoms with Crippen molar-refractivity contribution in [2.45, 2.75) is 225 Å². The van der Waals surface area contributed by atoms with E-state index in [9.17, 15) is 34.5 Å². The van der Waals surface area contributed by atoms with Gasteiger partial charge in [-0.05, 0) is 116 Å². The van der Waals surface area contributed by atoms with Crippen molar-refractivity contribution in [2.75, 3.05) is 13.2 Å². The zero-order valence-corrected chi connectivity index (χ0v) is 44.8. The predicted octanol–water partition coefficient (Wildman–Crippen LogP) is 13.7. The Balaban J connectivity index is 2.80. The molecule has 6 atom stereocenters. The average Bonchev–Trinajstić information content (AvgIpc) is 3.37. The van der Waals surface area contributed by atoms with Gasteiger partial charge < -0.3 is 39.0 Å². The van der Waals surface area contributed by atoms with E-state index in [0.29, 0.717) is 25.7 Å². The molecule has 0 bridgehead atoms. The topological polar surface area (TPSA) is 175 Å². The van der Waals surface area contributed by atoms with Crippen LogP contribution in [0.2, 0.25) is 0 Å².